The zero-order chi connectivity index (χ0) is 24.5. The summed E-state index contributed by atoms with van der Waals surface area (Å²) in [6.45, 7) is 2.30. The highest BCUT2D eigenvalue weighted by molar-refractivity contribution is 5.43. The molecule has 192 valence electrons. The first-order valence-electron chi connectivity index (χ1n) is 14.7. The van der Waals surface area contributed by atoms with E-state index in [1.165, 1.54) is 101 Å². The van der Waals surface area contributed by atoms with Crippen molar-refractivity contribution in [3.05, 3.63) is 59.7 Å². The van der Waals surface area contributed by atoms with Gasteiger partial charge in [0.1, 0.15) is 11.5 Å². The number of benzene rings is 2. The van der Waals surface area contributed by atoms with Gasteiger partial charge in [0, 0.05) is 5.41 Å². The SMILES string of the molecule is CCCCCCCCCC1CCC(C2CCC(c3ccc(O)cc3)(c3ccc(O)cc3)CC2)CC1. The van der Waals surface area contributed by atoms with Gasteiger partial charge in [0.2, 0.25) is 0 Å². The summed E-state index contributed by atoms with van der Waals surface area (Å²) in [5.74, 6) is 3.42. The zero-order valence-corrected chi connectivity index (χ0v) is 22.1. The van der Waals surface area contributed by atoms with Gasteiger partial charge in [0.05, 0.1) is 0 Å². The molecule has 2 saturated carbocycles. The van der Waals surface area contributed by atoms with Crippen molar-refractivity contribution in [1.29, 1.82) is 0 Å². The lowest BCUT2D eigenvalue weighted by Gasteiger charge is -2.44. The van der Waals surface area contributed by atoms with E-state index >= 15 is 0 Å². The van der Waals surface area contributed by atoms with Crippen LogP contribution in [0.5, 0.6) is 11.5 Å². The molecule has 0 spiro atoms. The Labute approximate surface area is 214 Å². The quantitative estimate of drug-likeness (QED) is 0.317. The van der Waals surface area contributed by atoms with E-state index in [-0.39, 0.29) is 5.41 Å². The summed E-state index contributed by atoms with van der Waals surface area (Å²) in [6.07, 6.45) is 22.1. The Hall–Kier alpha value is -1.96. The summed E-state index contributed by atoms with van der Waals surface area (Å²) in [4.78, 5) is 0. The number of rotatable bonds is 11. The Morgan fingerprint density at radius 2 is 1.06 bits per heavy atom. The first-order chi connectivity index (χ1) is 17.1. The Morgan fingerprint density at radius 3 is 1.57 bits per heavy atom. The normalized spacial score (nSPS) is 22.8. The highest BCUT2D eigenvalue weighted by Crippen LogP contribution is 2.50. The maximum atomic E-state index is 9.86. The van der Waals surface area contributed by atoms with Crippen LogP contribution in [0.25, 0.3) is 0 Å². The van der Waals surface area contributed by atoms with Gasteiger partial charge in [-0.3, -0.25) is 0 Å². The van der Waals surface area contributed by atoms with Crippen LogP contribution < -0.4 is 0 Å². The van der Waals surface area contributed by atoms with E-state index in [4.69, 9.17) is 0 Å². The third-order valence-electron chi connectivity index (χ3n) is 9.50. The summed E-state index contributed by atoms with van der Waals surface area (Å²) in [5, 5.41) is 19.7. The number of phenols is 2. The molecule has 0 aromatic heterocycles. The molecule has 0 atom stereocenters. The Kier molecular flexibility index (Phi) is 9.58. The third kappa shape index (κ3) is 6.83. The molecule has 0 bridgehead atoms. The number of phenolic OH excluding ortho intramolecular Hbond substituents is 2. The lowest BCUT2D eigenvalue weighted by atomic mass is 9.60. The highest BCUT2D eigenvalue weighted by atomic mass is 16.3. The average Bonchev–Trinajstić information content (AvgIpc) is 2.89. The van der Waals surface area contributed by atoms with Crippen molar-refractivity contribution >= 4 is 0 Å². The largest absolute Gasteiger partial charge is 0.508 e. The van der Waals surface area contributed by atoms with Gasteiger partial charge < -0.3 is 10.2 Å². The lowest BCUT2D eigenvalue weighted by molar-refractivity contribution is 0.140. The second-order valence-electron chi connectivity index (χ2n) is 11.7. The molecule has 0 heterocycles. The van der Waals surface area contributed by atoms with Crippen LogP contribution in [-0.4, -0.2) is 10.2 Å². The molecule has 2 aliphatic carbocycles. The summed E-state index contributed by atoms with van der Waals surface area (Å²) < 4.78 is 0. The van der Waals surface area contributed by atoms with Crippen LogP contribution in [-0.2, 0) is 5.41 Å². The molecule has 2 aromatic carbocycles. The predicted octanol–water partition coefficient (Wildman–Crippen LogP) is 9.52. The van der Waals surface area contributed by atoms with E-state index in [0.29, 0.717) is 11.5 Å². The van der Waals surface area contributed by atoms with E-state index in [9.17, 15) is 10.2 Å². The number of hydrogen-bond donors (Lipinski definition) is 2. The number of unbranched alkanes of at least 4 members (excludes halogenated alkanes) is 6. The minimum absolute atomic E-state index is 0.00771. The Bertz CT molecular complexity index is 805. The predicted molar refractivity (Wildman–Crippen MR) is 147 cm³/mol. The van der Waals surface area contributed by atoms with Crippen molar-refractivity contribution < 1.29 is 10.2 Å². The summed E-state index contributed by atoms with van der Waals surface area (Å²) in [7, 11) is 0. The molecule has 2 N–H and O–H groups in total. The topological polar surface area (TPSA) is 40.5 Å². The fourth-order valence-electron chi connectivity index (χ4n) is 7.25. The van der Waals surface area contributed by atoms with Crippen molar-refractivity contribution in [3.8, 4) is 11.5 Å². The summed E-state index contributed by atoms with van der Waals surface area (Å²) in [5.41, 5.74) is 2.60. The maximum Gasteiger partial charge on any atom is 0.115 e. The van der Waals surface area contributed by atoms with E-state index in [2.05, 4.69) is 31.2 Å². The van der Waals surface area contributed by atoms with Crippen LogP contribution in [0.2, 0.25) is 0 Å². The fraction of sp³-hybridized carbons (Fsp3) is 0.636. The van der Waals surface area contributed by atoms with Crippen molar-refractivity contribution in [1.82, 2.24) is 0 Å². The fourth-order valence-corrected chi connectivity index (χ4v) is 7.25. The smallest absolute Gasteiger partial charge is 0.115 e. The molecular weight excluding hydrogens is 428 g/mol. The van der Waals surface area contributed by atoms with Crippen LogP contribution in [0.4, 0.5) is 0 Å². The van der Waals surface area contributed by atoms with E-state index < -0.39 is 0 Å². The molecule has 2 aromatic rings. The number of aromatic hydroxyl groups is 2. The second-order valence-corrected chi connectivity index (χ2v) is 11.7. The Balaban J connectivity index is 1.28. The summed E-state index contributed by atoms with van der Waals surface area (Å²) >= 11 is 0. The zero-order valence-electron chi connectivity index (χ0n) is 22.1. The lowest BCUT2D eigenvalue weighted by Crippen LogP contribution is -2.35. The second kappa shape index (κ2) is 12.8. The van der Waals surface area contributed by atoms with Gasteiger partial charge in [-0.05, 0) is 91.7 Å². The van der Waals surface area contributed by atoms with Gasteiger partial charge in [0.15, 0.2) is 0 Å². The first-order valence-corrected chi connectivity index (χ1v) is 14.7. The molecule has 2 aliphatic rings. The van der Waals surface area contributed by atoms with Crippen molar-refractivity contribution in [2.24, 2.45) is 17.8 Å². The average molecular weight is 477 g/mol. The van der Waals surface area contributed by atoms with Crippen LogP contribution >= 0.6 is 0 Å². The van der Waals surface area contributed by atoms with Crippen LogP contribution in [0.15, 0.2) is 48.5 Å². The van der Waals surface area contributed by atoms with Crippen molar-refractivity contribution in [2.45, 2.75) is 115 Å². The molecule has 0 aliphatic heterocycles. The molecule has 2 heteroatoms. The Morgan fingerprint density at radius 1 is 0.600 bits per heavy atom. The van der Waals surface area contributed by atoms with Crippen molar-refractivity contribution in [3.63, 3.8) is 0 Å². The molecule has 0 radical (unpaired) electrons. The van der Waals surface area contributed by atoms with Gasteiger partial charge in [0.25, 0.3) is 0 Å². The van der Waals surface area contributed by atoms with Gasteiger partial charge in [-0.15, -0.1) is 0 Å². The van der Waals surface area contributed by atoms with Crippen LogP contribution in [0.3, 0.4) is 0 Å². The molecule has 35 heavy (non-hydrogen) atoms. The molecule has 0 saturated heterocycles. The van der Waals surface area contributed by atoms with Crippen molar-refractivity contribution in [2.75, 3.05) is 0 Å². The minimum atomic E-state index is -0.00771. The minimum Gasteiger partial charge on any atom is -0.508 e. The monoisotopic (exact) mass is 476 g/mol. The molecule has 2 nitrogen and oxygen atoms in total. The maximum absolute atomic E-state index is 9.86. The first kappa shape index (κ1) is 26.1. The van der Waals surface area contributed by atoms with Gasteiger partial charge in [-0.1, -0.05) is 95.4 Å². The summed E-state index contributed by atoms with van der Waals surface area (Å²) in [6, 6.07) is 15.8. The number of hydrogen-bond acceptors (Lipinski definition) is 2. The van der Waals surface area contributed by atoms with Crippen LogP contribution in [0, 0.1) is 17.8 Å². The van der Waals surface area contributed by atoms with Crippen LogP contribution in [0.1, 0.15) is 121 Å². The molecule has 2 fully saturated rings. The van der Waals surface area contributed by atoms with E-state index in [0.717, 1.165) is 30.6 Å². The molecule has 0 amide bonds. The van der Waals surface area contributed by atoms with E-state index in [1.54, 1.807) is 0 Å². The van der Waals surface area contributed by atoms with Gasteiger partial charge in [-0.2, -0.15) is 0 Å². The van der Waals surface area contributed by atoms with Gasteiger partial charge in [-0.25, -0.2) is 0 Å². The molecular formula is C33H48O2. The molecule has 0 unspecified atom stereocenters. The third-order valence-corrected chi connectivity index (χ3v) is 9.50. The standard InChI is InChI=1S/C33H48O2/c1-2-3-4-5-6-7-8-9-26-10-12-27(13-11-26)28-22-24-33(25-23-28,29-14-18-31(34)19-15-29)30-16-20-32(35)21-17-30/h14-21,26-28,34-35H,2-13,22-25H2,1H3. The molecule has 4 rings (SSSR count). The van der Waals surface area contributed by atoms with Gasteiger partial charge >= 0.3 is 0 Å². The van der Waals surface area contributed by atoms with E-state index in [1.807, 2.05) is 24.3 Å². The highest BCUT2D eigenvalue weighted by Gasteiger charge is 2.40.